The lowest BCUT2D eigenvalue weighted by Crippen LogP contribution is -2.06. The first-order valence-electron chi connectivity index (χ1n) is 6.03. The number of anilines is 1. The van der Waals surface area contributed by atoms with Gasteiger partial charge in [0.25, 0.3) is 0 Å². The summed E-state index contributed by atoms with van der Waals surface area (Å²) in [5, 5.41) is 4.43. The summed E-state index contributed by atoms with van der Waals surface area (Å²) < 4.78 is 1.26. The van der Waals surface area contributed by atoms with Gasteiger partial charge in [-0.2, -0.15) is 0 Å². The SMILES string of the molecule is Clc1ccc2c(c1)CCC2Nc1ccc(I)cc1. The Morgan fingerprint density at radius 2 is 1.89 bits per heavy atom. The van der Waals surface area contributed by atoms with Crippen molar-refractivity contribution < 1.29 is 0 Å². The van der Waals surface area contributed by atoms with E-state index in [0.29, 0.717) is 6.04 Å². The van der Waals surface area contributed by atoms with Gasteiger partial charge in [-0.15, -0.1) is 0 Å². The van der Waals surface area contributed by atoms with E-state index in [1.807, 2.05) is 6.07 Å². The smallest absolute Gasteiger partial charge is 0.0519 e. The van der Waals surface area contributed by atoms with E-state index in [9.17, 15) is 0 Å². The normalized spacial score (nSPS) is 17.6. The molecular formula is C15H13ClIN. The fraction of sp³-hybridized carbons (Fsp3) is 0.200. The second-order valence-corrected chi connectivity index (χ2v) is 6.27. The van der Waals surface area contributed by atoms with Crippen LogP contribution < -0.4 is 5.32 Å². The summed E-state index contributed by atoms with van der Waals surface area (Å²) in [6, 6.07) is 15.2. The quantitative estimate of drug-likeness (QED) is 0.731. The van der Waals surface area contributed by atoms with Crippen molar-refractivity contribution in [3.8, 4) is 0 Å². The van der Waals surface area contributed by atoms with Crippen LogP contribution in [-0.4, -0.2) is 0 Å². The van der Waals surface area contributed by atoms with Crippen LogP contribution in [0.2, 0.25) is 5.02 Å². The molecule has 1 aliphatic rings. The molecule has 0 aliphatic heterocycles. The molecule has 0 fully saturated rings. The van der Waals surface area contributed by atoms with E-state index >= 15 is 0 Å². The Morgan fingerprint density at radius 3 is 2.67 bits per heavy atom. The number of nitrogens with one attached hydrogen (secondary N) is 1. The predicted molar refractivity (Wildman–Crippen MR) is 85.3 cm³/mol. The van der Waals surface area contributed by atoms with Crippen LogP contribution in [0.25, 0.3) is 0 Å². The number of aryl methyl sites for hydroxylation is 1. The third-order valence-corrected chi connectivity index (χ3v) is 4.32. The van der Waals surface area contributed by atoms with Crippen LogP contribution in [0.3, 0.4) is 0 Å². The number of fused-ring (bicyclic) bond motifs is 1. The summed E-state index contributed by atoms with van der Waals surface area (Å²) in [5.41, 5.74) is 3.95. The summed E-state index contributed by atoms with van der Waals surface area (Å²) in [5.74, 6) is 0. The van der Waals surface area contributed by atoms with Crippen molar-refractivity contribution in [3.63, 3.8) is 0 Å². The van der Waals surface area contributed by atoms with Crippen molar-refractivity contribution >= 4 is 39.9 Å². The molecule has 92 valence electrons. The molecule has 1 atom stereocenters. The van der Waals surface area contributed by atoms with Gasteiger partial charge >= 0.3 is 0 Å². The largest absolute Gasteiger partial charge is 0.378 e. The Bertz CT molecular complexity index is 565. The molecule has 0 saturated heterocycles. The van der Waals surface area contributed by atoms with Crippen molar-refractivity contribution in [1.29, 1.82) is 0 Å². The molecule has 2 aromatic carbocycles. The molecule has 0 aromatic heterocycles. The minimum atomic E-state index is 0.414. The van der Waals surface area contributed by atoms with E-state index in [1.54, 1.807) is 0 Å². The highest BCUT2D eigenvalue weighted by Crippen LogP contribution is 2.35. The highest BCUT2D eigenvalue weighted by molar-refractivity contribution is 14.1. The van der Waals surface area contributed by atoms with Gasteiger partial charge in [-0.25, -0.2) is 0 Å². The van der Waals surface area contributed by atoms with E-state index in [-0.39, 0.29) is 0 Å². The van der Waals surface area contributed by atoms with Gasteiger partial charge in [0.05, 0.1) is 6.04 Å². The molecule has 0 heterocycles. The van der Waals surface area contributed by atoms with Crippen molar-refractivity contribution in [2.75, 3.05) is 5.32 Å². The highest BCUT2D eigenvalue weighted by atomic mass is 127. The maximum absolute atomic E-state index is 6.03. The van der Waals surface area contributed by atoms with Crippen LogP contribution in [0.15, 0.2) is 42.5 Å². The molecule has 3 rings (SSSR count). The lowest BCUT2D eigenvalue weighted by molar-refractivity contribution is 0.762. The molecule has 1 N–H and O–H groups in total. The number of halogens is 2. The fourth-order valence-electron chi connectivity index (χ4n) is 2.48. The second-order valence-electron chi connectivity index (χ2n) is 4.59. The van der Waals surface area contributed by atoms with Crippen molar-refractivity contribution in [2.24, 2.45) is 0 Å². The van der Waals surface area contributed by atoms with Crippen molar-refractivity contribution in [2.45, 2.75) is 18.9 Å². The summed E-state index contributed by atoms with van der Waals surface area (Å²) in [7, 11) is 0. The zero-order valence-electron chi connectivity index (χ0n) is 9.79. The molecule has 0 amide bonds. The molecule has 18 heavy (non-hydrogen) atoms. The molecule has 1 aliphatic carbocycles. The maximum Gasteiger partial charge on any atom is 0.0519 e. The van der Waals surface area contributed by atoms with Gasteiger partial charge in [-0.05, 0) is 83.0 Å². The van der Waals surface area contributed by atoms with Gasteiger partial charge in [0, 0.05) is 14.3 Å². The molecule has 0 spiro atoms. The topological polar surface area (TPSA) is 12.0 Å². The average Bonchev–Trinajstić information content (AvgIpc) is 2.74. The third kappa shape index (κ3) is 2.50. The first-order valence-corrected chi connectivity index (χ1v) is 7.48. The Balaban J connectivity index is 1.82. The molecule has 0 radical (unpaired) electrons. The minimum absolute atomic E-state index is 0.414. The van der Waals surface area contributed by atoms with Crippen molar-refractivity contribution in [3.05, 3.63) is 62.2 Å². The highest BCUT2D eigenvalue weighted by Gasteiger charge is 2.22. The van der Waals surface area contributed by atoms with E-state index in [2.05, 4.69) is 64.3 Å². The Labute approximate surface area is 126 Å². The Kier molecular flexibility index (Phi) is 3.48. The predicted octanol–water partition coefficient (Wildman–Crippen LogP) is 5.04. The van der Waals surface area contributed by atoms with Gasteiger partial charge in [0.15, 0.2) is 0 Å². The fourth-order valence-corrected chi connectivity index (χ4v) is 3.04. The minimum Gasteiger partial charge on any atom is -0.378 e. The second kappa shape index (κ2) is 5.10. The maximum atomic E-state index is 6.03. The summed E-state index contributed by atoms with van der Waals surface area (Å²) in [6.45, 7) is 0. The lowest BCUT2D eigenvalue weighted by atomic mass is 10.1. The lowest BCUT2D eigenvalue weighted by Gasteiger charge is -2.15. The molecule has 3 heteroatoms. The molecule has 2 aromatic rings. The average molecular weight is 370 g/mol. The van der Waals surface area contributed by atoms with Gasteiger partial charge in [0.1, 0.15) is 0 Å². The molecule has 0 saturated carbocycles. The summed E-state index contributed by atoms with van der Waals surface area (Å²) in [4.78, 5) is 0. The van der Waals surface area contributed by atoms with Crippen LogP contribution >= 0.6 is 34.2 Å². The van der Waals surface area contributed by atoms with Gasteiger partial charge in [-0.3, -0.25) is 0 Å². The number of rotatable bonds is 2. The molecule has 1 unspecified atom stereocenters. The van der Waals surface area contributed by atoms with Gasteiger partial charge in [0.2, 0.25) is 0 Å². The third-order valence-electron chi connectivity index (χ3n) is 3.37. The van der Waals surface area contributed by atoms with Gasteiger partial charge < -0.3 is 5.32 Å². The summed E-state index contributed by atoms with van der Waals surface area (Å²) >= 11 is 8.35. The molecule has 0 bridgehead atoms. The molecule has 1 nitrogen and oxygen atoms in total. The zero-order valence-corrected chi connectivity index (χ0v) is 12.7. The van der Waals surface area contributed by atoms with Crippen LogP contribution in [0.1, 0.15) is 23.6 Å². The van der Waals surface area contributed by atoms with Crippen LogP contribution in [-0.2, 0) is 6.42 Å². The standard InChI is InChI=1S/C15H13ClIN/c16-11-2-7-14-10(9-11)1-8-15(14)18-13-5-3-12(17)4-6-13/h2-7,9,15,18H,1,8H2. The van der Waals surface area contributed by atoms with Gasteiger partial charge in [-0.1, -0.05) is 17.7 Å². The Hall–Kier alpha value is -0.740. The van der Waals surface area contributed by atoms with E-state index in [4.69, 9.17) is 11.6 Å². The number of hydrogen-bond acceptors (Lipinski definition) is 1. The Morgan fingerprint density at radius 1 is 1.11 bits per heavy atom. The molecular weight excluding hydrogens is 357 g/mol. The van der Waals surface area contributed by atoms with Crippen molar-refractivity contribution in [1.82, 2.24) is 0 Å². The first kappa shape index (κ1) is 12.3. The van der Waals surface area contributed by atoms with Crippen LogP contribution in [0.5, 0.6) is 0 Å². The van der Waals surface area contributed by atoms with E-state index in [1.165, 1.54) is 20.4 Å². The zero-order chi connectivity index (χ0) is 12.5. The van der Waals surface area contributed by atoms with E-state index < -0.39 is 0 Å². The number of benzene rings is 2. The summed E-state index contributed by atoms with van der Waals surface area (Å²) in [6.07, 6.45) is 2.25. The van der Waals surface area contributed by atoms with Crippen LogP contribution in [0.4, 0.5) is 5.69 Å². The number of hydrogen-bond donors (Lipinski definition) is 1. The monoisotopic (exact) mass is 369 g/mol. The van der Waals surface area contributed by atoms with Crippen LogP contribution in [0, 0.1) is 3.57 Å². The van der Waals surface area contributed by atoms with E-state index in [0.717, 1.165) is 17.9 Å². The first-order chi connectivity index (χ1) is 8.72.